The Labute approximate surface area is 136 Å². The summed E-state index contributed by atoms with van der Waals surface area (Å²) in [5, 5.41) is 12.4. The molecule has 1 aliphatic heterocycles. The second-order valence-electron chi connectivity index (χ2n) is 7.04. The fourth-order valence-corrected chi connectivity index (χ4v) is 3.79. The Morgan fingerprint density at radius 1 is 1.26 bits per heavy atom. The van der Waals surface area contributed by atoms with Crippen molar-refractivity contribution in [1.82, 2.24) is 10.2 Å². The number of carboxylic acid groups (broad SMARTS) is 1. The van der Waals surface area contributed by atoms with Crippen LogP contribution in [0.15, 0.2) is 30.3 Å². The molecule has 1 heterocycles. The summed E-state index contributed by atoms with van der Waals surface area (Å²) < 4.78 is 0. The van der Waals surface area contributed by atoms with Crippen LogP contribution in [-0.4, -0.2) is 41.1 Å². The second-order valence-corrected chi connectivity index (χ2v) is 7.04. The van der Waals surface area contributed by atoms with E-state index in [1.165, 1.54) is 5.56 Å². The molecule has 1 saturated heterocycles. The van der Waals surface area contributed by atoms with Gasteiger partial charge in [-0.3, -0.25) is 4.79 Å². The van der Waals surface area contributed by atoms with Crippen LogP contribution in [0.3, 0.4) is 0 Å². The molecule has 2 aliphatic rings. The van der Waals surface area contributed by atoms with Crippen LogP contribution in [0.1, 0.15) is 44.1 Å². The molecule has 0 aromatic heterocycles. The van der Waals surface area contributed by atoms with Crippen molar-refractivity contribution in [3.8, 4) is 0 Å². The molecule has 5 nitrogen and oxygen atoms in total. The number of carbonyl (C=O) groups is 2. The molecule has 23 heavy (non-hydrogen) atoms. The lowest BCUT2D eigenvalue weighted by Gasteiger charge is -2.26. The molecular weight excluding hydrogens is 292 g/mol. The summed E-state index contributed by atoms with van der Waals surface area (Å²) in [6.45, 7) is 2.51. The molecule has 3 unspecified atom stereocenters. The number of nitrogens with one attached hydrogen (secondary N) is 1. The van der Waals surface area contributed by atoms with Gasteiger partial charge in [0.05, 0.1) is 5.41 Å². The summed E-state index contributed by atoms with van der Waals surface area (Å²) in [6, 6.07) is 10.3. The van der Waals surface area contributed by atoms with Crippen molar-refractivity contribution in [2.75, 3.05) is 13.1 Å². The largest absolute Gasteiger partial charge is 0.481 e. The number of hydrogen-bond acceptors (Lipinski definition) is 2. The molecule has 1 aromatic rings. The maximum atomic E-state index is 12.5. The van der Waals surface area contributed by atoms with Crippen LogP contribution in [-0.2, 0) is 4.79 Å². The van der Waals surface area contributed by atoms with Gasteiger partial charge < -0.3 is 15.3 Å². The number of benzene rings is 1. The van der Waals surface area contributed by atoms with Gasteiger partial charge in [0.1, 0.15) is 0 Å². The Hall–Kier alpha value is -2.04. The third kappa shape index (κ3) is 3.19. The first kappa shape index (κ1) is 15.8. The van der Waals surface area contributed by atoms with E-state index in [9.17, 15) is 14.7 Å². The fourth-order valence-electron chi connectivity index (χ4n) is 3.79. The van der Waals surface area contributed by atoms with Gasteiger partial charge in [-0.15, -0.1) is 0 Å². The average molecular weight is 316 g/mol. The molecule has 2 amide bonds. The normalized spacial score (nSPS) is 30.4. The molecule has 0 bridgehead atoms. The number of urea groups is 1. The average Bonchev–Trinajstić information content (AvgIpc) is 3.16. The van der Waals surface area contributed by atoms with Gasteiger partial charge in [-0.05, 0) is 31.7 Å². The number of carboxylic acids is 1. The molecule has 5 heteroatoms. The van der Waals surface area contributed by atoms with E-state index >= 15 is 0 Å². The van der Waals surface area contributed by atoms with Crippen molar-refractivity contribution < 1.29 is 14.7 Å². The van der Waals surface area contributed by atoms with Gasteiger partial charge in [0.15, 0.2) is 0 Å². The molecular formula is C18H24N2O3. The Balaban J connectivity index is 1.63. The van der Waals surface area contributed by atoms with Crippen molar-refractivity contribution >= 4 is 12.0 Å². The number of rotatable bonds is 3. The molecule has 1 aromatic carbocycles. The van der Waals surface area contributed by atoms with Crippen molar-refractivity contribution in [2.45, 2.75) is 44.6 Å². The Kier molecular flexibility index (Phi) is 4.28. The first-order valence-corrected chi connectivity index (χ1v) is 8.33. The highest BCUT2D eigenvalue weighted by molar-refractivity contribution is 5.79. The van der Waals surface area contributed by atoms with Crippen molar-refractivity contribution in [3.05, 3.63) is 35.9 Å². The lowest BCUT2D eigenvalue weighted by atomic mass is 9.90. The first-order chi connectivity index (χ1) is 11.0. The third-order valence-electron chi connectivity index (χ3n) is 5.33. The van der Waals surface area contributed by atoms with Crippen LogP contribution in [0.4, 0.5) is 4.79 Å². The lowest BCUT2D eigenvalue weighted by Crippen LogP contribution is -2.45. The summed E-state index contributed by atoms with van der Waals surface area (Å²) in [5.41, 5.74) is 0.457. The van der Waals surface area contributed by atoms with E-state index in [1.54, 1.807) is 11.8 Å². The van der Waals surface area contributed by atoms with Gasteiger partial charge >= 0.3 is 12.0 Å². The fraction of sp³-hybridized carbons (Fsp3) is 0.556. The number of carbonyl (C=O) groups excluding carboxylic acids is 1. The minimum Gasteiger partial charge on any atom is -0.481 e. The molecule has 3 atom stereocenters. The molecule has 124 valence electrons. The number of hydrogen-bond donors (Lipinski definition) is 2. The first-order valence-electron chi connectivity index (χ1n) is 8.33. The van der Waals surface area contributed by atoms with E-state index in [2.05, 4.69) is 17.4 Å². The number of likely N-dealkylation sites (tertiary alicyclic amines) is 1. The van der Waals surface area contributed by atoms with Crippen LogP contribution in [0.25, 0.3) is 0 Å². The van der Waals surface area contributed by atoms with E-state index in [0.717, 1.165) is 19.3 Å². The van der Waals surface area contributed by atoms with E-state index < -0.39 is 11.4 Å². The molecule has 2 N–H and O–H groups in total. The minimum atomic E-state index is -0.823. The maximum Gasteiger partial charge on any atom is 0.317 e. The van der Waals surface area contributed by atoms with Crippen LogP contribution in [0.5, 0.6) is 0 Å². The molecule has 1 saturated carbocycles. The smallest absolute Gasteiger partial charge is 0.317 e. The minimum absolute atomic E-state index is 0.122. The maximum absolute atomic E-state index is 12.5. The predicted molar refractivity (Wildman–Crippen MR) is 87.3 cm³/mol. The Morgan fingerprint density at radius 2 is 2.00 bits per heavy atom. The SMILES string of the molecule is CC1(C(=O)O)CCN(C(=O)NC2CCCC2c2ccccc2)C1. The van der Waals surface area contributed by atoms with Crippen molar-refractivity contribution in [2.24, 2.45) is 5.41 Å². The predicted octanol–water partition coefficient (Wildman–Crippen LogP) is 2.83. The molecule has 2 fully saturated rings. The van der Waals surface area contributed by atoms with Gasteiger partial charge in [-0.2, -0.15) is 0 Å². The third-order valence-corrected chi connectivity index (χ3v) is 5.33. The van der Waals surface area contributed by atoms with E-state index in [1.807, 2.05) is 18.2 Å². The monoisotopic (exact) mass is 316 g/mol. The summed E-state index contributed by atoms with van der Waals surface area (Å²) in [7, 11) is 0. The Morgan fingerprint density at radius 3 is 2.65 bits per heavy atom. The van der Waals surface area contributed by atoms with Crippen molar-refractivity contribution in [3.63, 3.8) is 0 Å². The lowest BCUT2D eigenvalue weighted by molar-refractivity contribution is -0.146. The molecule has 1 aliphatic carbocycles. The molecule has 0 radical (unpaired) electrons. The summed E-state index contributed by atoms with van der Waals surface area (Å²) in [6.07, 6.45) is 3.69. The standard InChI is InChI=1S/C18H24N2O3/c1-18(16(21)22)10-11-20(12-18)17(23)19-15-9-5-8-14(15)13-6-3-2-4-7-13/h2-4,6-7,14-15H,5,8-12H2,1H3,(H,19,23)(H,21,22). The summed E-state index contributed by atoms with van der Waals surface area (Å²) >= 11 is 0. The number of aliphatic carboxylic acids is 1. The highest BCUT2D eigenvalue weighted by Crippen LogP contribution is 2.35. The zero-order valence-electron chi connectivity index (χ0n) is 13.5. The van der Waals surface area contributed by atoms with Crippen LogP contribution >= 0.6 is 0 Å². The van der Waals surface area contributed by atoms with Crippen LogP contribution in [0, 0.1) is 5.41 Å². The molecule has 0 spiro atoms. The van der Waals surface area contributed by atoms with Crippen LogP contribution in [0.2, 0.25) is 0 Å². The summed E-state index contributed by atoms with van der Waals surface area (Å²) in [4.78, 5) is 25.5. The topological polar surface area (TPSA) is 69.6 Å². The van der Waals surface area contributed by atoms with Gasteiger partial charge in [-0.25, -0.2) is 4.79 Å². The van der Waals surface area contributed by atoms with Gasteiger partial charge in [0.2, 0.25) is 0 Å². The Bertz CT molecular complexity index is 589. The van der Waals surface area contributed by atoms with Crippen molar-refractivity contribution in [1.29, 1.82) is 0 Å². The summed E-state index contributed by atoms with van der Waals surface area (Å²) in [5.74, 6) is -0.468. The van der Waals surface area contributed by atoms with E-state index in [4.69, 9.17) is 0 Å². The quantitative estimate of drug-likeness (QED) is 0.901. The van der Waals surface area contributed by atoms with Gasteiger partial charge in [0, 0.05) is 25.0 Å². The highest BCUT2D eigenvalue weighted by Gasteiger charge is 2.43. The zero-order chi connectivity index (χ0) is 16.4. The molecule has 3 rings (SSSR count). The van der Waals surface area contributed by atoms with E-state index in [-0.39, 0.29) is 18.6 Å². The van der Waals surface area contributed by atoms with E-state index in [0.29, 0.717) is 18.9 Å². The van der Waals surface area contributed by atoms with Crippen LogP contribution < -0.4 is 5.32 Å². The van der Waals surface area contributed by atoms with Gasteiger partial charge in [0.25, 0.3) is 0 Å². The number of nitrogens with zero attached hydrogens (tertiary/aromatic N) is 1. The zero-order valence-corrected chi connectivity index (χ0v) is 13.5. The highest BCUT2D eigenvalue weighted by atomic mass is 16.4. The second kappa shape index (κ2) is 6.22. The van der Waals surface area contributed by atoms with Gasteiger partial charge in [-0.1, -0.05) is 36.8 Å². The number of amides is 2.